The Balaban J connectivity index is 2.04. The van der Waals surface area contributed by atoms with Crippen molar-refractivity contribution >= 4 is 11.9 Å². The van der Waals surface area contributed by atoms with Gasteiger partial charge in [0.15, 0.2) is 6.29 Å². The Morgan fingerprint density at radius 1 is 0.514 bits per heavy atom. The summed E-state index contributed by atoms with van der Waals surface area (Å²) in [5.74, 6) is -0.228. The van der Waals surface area contributed by atoms with Crippen molar-refractivity contribution in [2.75, 3.05) is 19.8 Å². The van der Waals surface area contributed by atoms with Crippen molar-refractivity contribution in [2.45, 2.75) is 320 Å². The van der Waals surface area contributed by atoms with Crippen LogP contribution in [0, 0.1) is 0 Å². The average Bonchev–Trinajstić information content (AvgIpc) is 3.38. The van der Waals surface area contributed by atoms with Gasteiger partial charge in [-0.15, -0.1) is 0 Å². The summed E-state index contributed by atoms with van der Waals surface area (Å²) in [6.07, 6.45) is 52.5. The summed E-state index contributed by atoms with van der Waals surface area (Å²) in [5.41, 5.74) is 0. The van der Waals surface area contributed by atoms with E-state index in [9.17, 15) is 35.1 Å². The Hall–Kier alpha value is -2.12. The number of aliphatic hydroxyl groups is 5. The molecule has 11 heteroatoms. The van der Waals surface area contributed by atoms with Crippen LogP contribution < -0.4 is 5.32 Å². The van der Waals surface area contributed by atoms with Gasteiger partial charge in [0.1, 0.15) is 24.4 Å². The number of nitrogens with one attached hydrogen (secondary N) is 1. The fraction of sp³-hybridized carbons (Fsp3) is 0.869. The highest BCUT2D eigenvalue weighted by molar-refractivity contribution is 5.76. The van der Waals surface area contributed by atoms with Gasteiger partial charge in [0.05, 0.1) is 32.0 Å². The quantitative estimate of drug-likeness (QED) is 0.0195. The zero-order chi connectivity index (χ0) is 52.4. The first kappa shape index (κ1) is 67.9. The molecule has 1 amide bonds. The van der Waals surface area contributed by atoms with E-state index in [4.69, 9.17) is 14.2 Å². The minimum absolute atomic E-state index is 0.0282. The van der Waals surface area contributed by atoms with Crippen molar-refractivity contribution in [3.63, 3.8) is 0 Å². The molecular weight excluding hydrogens is 907 g/mol. The third-order valence-electron chi connectivity index (χ3n) is 14.2. The summed E-state index contributed by atoms with van der Waals surface area (Å²) in [7, 11) is 0. The first-order valence-corrected chi connectivity index (χ1v) is 30.3. The van der Waals surface area contributed by atoms with Crippen molar-refractivity contribution in [1.82, 2.24) is 5.32 Å². The average molecular weight is 1020 g/mol. The Labute approximate surface area is 441 Å². The molecule has 72 heavy (non-hydrogen) atoms. The molecule has 422 valence electrons. The van der Waals surface area contributed by atoms with E-state index in [0.29, 0.717) is 19.4 Å². The number of rotatable bonds is 52. The third-order valence-corrected chi connectivity index (χ3v) is 14.2. The molecule has 0 aromatic carbocycles. The number of aliphatic hydroxyl groups excluding tert-OH is 5. The largest absolute Gasteiger partial charge is 0.466 e. The monoisotopic (exact) mass is 1020 g/mol. The molecule has 0 aliphatic carbocycles. The van der Waals surface area contributed by atoms with Crippen LogP contribution in [0.5, 0.6) is 0 Å². The van der Waals surface area contributed by atoms with E-state index in [0.717, 1.165) is 96.3 Å². The van der Waals surface area contributed by atoms with E-state index >= 15 is 0 Å². The van der Waals surface area contributed by atoms with E-state index in [-0.39, 0.29) is 18.5 Å². The van der Waals surface area contributed by atoms with E-state index in [1.807, 2.05) is 6.08 Å². The van der Waals surface area contributed by atoms with Gasteiger partial charge in [0, 0.05) is 12.8 Å². The standard InChI is InChI=1S/C61H113NO10/c1-3-5-7-9-11-13-14-15-16-17-20-23-26-29-33-37-41-45-49-57(66)70-50-46-42-38-34-30-27-24-21-18-19-22-25-28-32-36-40-44-48-56(65)62-53(54(64)47-43-39-35-31-12-10-8-6-4-2)52-71-61-60(69)59(68)58(67)55(51-63)72-61/h18,21,27,30,43,47,53-55,58-61,63-64,67-69H,3-17,19-20,22-26,28-29,31-42,44-46,48-52H2,1-2H3,(H,62,65)/b21-18-,30-27-,47-43+. The highest BCUT2D eigenvalue weighted by Crippen LogP contribution is 2.23. The molecule has 1 fully saturated rings. The Bertz CT molecular complexity index is 1290. The SMILES string of the molecule is CCCCCCCCC/C=C/C(O)C(COC1OC(CO)C(O)C(O)C1O)NC(=O)CCCCCCCCC/C=C\C/C=C\CCCCCOC(=O)CCCCCCCCCCCCCCCCCCCC. The van der Waals surface area contributed by atoms with Crippen LogP contribution >= 0.6 is 0 Å². The molecule has 7 atom stereocenters. The molecule has 0 spiro atoms. The molecule has 1 heterocycles. The van der Waals surface area contributed by atoms with E-state index < -0.39 is 49.5 Å². The lowest BCUT2D eigenvalue weighted by molar-refractivity contribution is -0.302. The van der Waals surface area contributed by atoms with Gasteiger partial charge in [-0.1, -0.05) is 230 Å². The number of unbranched alkanes of at least 4 members (excludes halogenated alkanes) is 34. The summed E-state index contributed by atoms with van der Waals surface area (Å²) < 4.78 is 16.7. The Morgan fingerprint density at radius 3 is 1.40 bits per heavy atom. The summed E-state index contributed by atoms with van der Waals surface area (Å²) in [6.45, 7) is 4.27. The minimum atomic E-state index is -1.58. The smallest absolute Gasteiger partial charge is 0.305 e. The number of hydrogen-bond acceptors (Lipinski definition) is 10. The minimum Gasteiger partial charge on any atom is -0.466 e. The lowest BCUT2D eigenvalue weighted by atomic mass is 9.99. The molecule has 1 rings (SSSR count). The maximum atomic E-state index is 13.0. The fourth-order valence-corrected chi connectivity index (χ4v) is 9.41. The predicted octanol–water partition coefficient (Wildman–Crippen LogP) is 13.9. The molecule has 6 N–H and O–H groups in total. The van der Waals surface area contributed by atoms with Gasteiger partial charge in [-0.05, 0) is 70.6 Å². The van der Waals surface area contributed by atoms with Crippen molar-refractivity contribution in [3.8, 4) is 0 Å². The number of amides is 1. The molecule has 11 nitrogen and oxygen atoms in total. The lowest BCUT2D eigenvalue weighted by Crippen LogP contribution is -2.60. The van der Waals surface area contributed by atoms with Gasteiger partial charge in [-0.25, -0.2) is 0 Å². The zero-order valence-corrected chi connectivity index (χ0v) is 46.4. The van der Waals surface area contributed by atoms with Gasteiger partial charge in [0.2, 0.25) is 5.91 Å². The molecule has 0 aromatic rings. The summed E-state index contributed by atoms with van der Waals surface area (Å²) >= 11 is 0. The molecular formula is C61H113NO10. The first-order chi connectivity index (χ1) is 35.2. The second-order valence-electron chi connectivity index (χ2n) is 21.1. The maximum Gasteiger partial charge on any atom is 0.305 e. The van der Waals surface area contributed by atoms with Gasteiger partial charge < -0.3 is 45.1 Å². The molecule has 0 radical (unpaired) electrons. The van der Waals surface area contributed by atoms with Crippen molar-refractivity contribution in [3.05, 3.63) is 36.5 Å². The number of carbonyl (C=O) groups excluding carboxylic acids is 2. The van der Waals surface area contributed by atoms with Crippen LogP contribution in [0.4, 0.5) is 0 Å². The summed E-state index contributed by atoms with van der Waals surface area (Å²) in [5, 5.41) is 54.2. The van der Waals surface area contributed by atoms with Crippen LogP contribution in [0.15, 0.2) is 36.5 Å². The third kappa shape index (κ3) is 40.2. The fourth-order valence-electron chi connectivity index (χ4n) is 9.41. The number of ether oxygens (including phenoxy) is 3. The number of carbonyl (C=O) groups is 2. The van der Waals surface area contributed by atoms with Crippen molar-refractivity contribution < 1.29 is 49.3 Å². The van der Waals surface area contributed by atoms with Crippen LogP contribution in [-0.2, 0) is 23.8 Å². The van der Waals surface area contributed by atoms with Gasteiger partial charge in [0.25, 0.3) is 0 Å². The normalized spacial score (nSPS) is 19.2. The predicted molar refractivity (Wildman–Crippen MR) is 297 cm³/mol. The van der Waals surface area contributed by atoms with E-state index in [2.05, 4.69) is 43.5 Å². The number of allylic oxidation sites excluding steroid dienone is 5. The second-order valence-corrected chi connectivity index (χ2v) is 21.1. The van der Waals surface area contributed by atoms with Gasteiger partial charge in [-0.2, -0.15) is 0 Å². The number of esters is 1. The van der Waals surface area contributed by atoms with Crippen molar-refractivity contribution in [2.24, 2.45) is 0 Å². The topological polar surface area (TPSA) is 175 Å². The highest BCUT2D eigenvalue weighted by atomic mass is 16.7. The number of hydrogen-bond donors (Lipinski definition) is 6. The molecule has 1 aliphatic rings. The zero-order valence-electron chi connectivity index (χ0n) is 46.4. The van der Waals surface area contributed by atoms with Gasteiger partial charge >= 0.3 is 5.97 Å². The molecule has 7 unspecified atom stereocenters. The van der Waals surface area contributed by atoms with Gasteiger partial charge in [-0.3, -0.25) is 9.59 Å². The summed E-state index contributed by atoms with van der Waals surface area (Å²) in [4.78, 5) is 25.1. The molecule has 1 saturated heterocycles. The Kier molecular flexibility index (Phi) is 48.1. The first-order valence-electron chi connectivity index (χ1n) is 30.3. The van der Waals surface area contributed by atoms with Crippen LogP contribution in [-0.4, -0.2) is 100 Å². The second kappa shape index (κ2) is 51.0. The molecule has 0 saturated carbocycles. The maximum absolute atomic E-state index is 13.0. The summed E-state index contributed by atoms with van der Waals surface area (Å²) in [6, 6.07) is -0.821. The highest BCUT2D eigenvalue weighted by Gasteiger charge is 2.44. The van der Waals surface area contributed by atoms with Crippen molar-refractivity contribution in [1.29, 1.82) is 0 Å². The van der Waals surface area contributed by atoms with Crippen LogP contribution in [0.2, 0.25) is 0 Å². The van der Waals surface area contributed by atoms with E-state index in [1.54, 1.807) is 6.08 Å². The lowest BCUT2D eigenvalue weighted by Gasteiger charge is -2.40. The van der Waals surface area contributed by atoms with Crippen LogP contribution in [0.1, 0.15) is 277 Å². The van der Waals surface area contributed by atoms with E-state index in [1.165, 1.54) is 154 Å². The van der Waals surface area contributed by atoms with Crippen LogP contribution in [0.3, 0.4) is 0 Å². The molecule has 0 bridgehead atoms. The van der Waals surface area contributed by atoms with Crippen LogP contribution in [0.25, 0.3) is 0 Å². The molecule has 1 aliphatic heterocycles. The molecule has 0 aromatic heterocycles. The Morgan fingerprint density at radius 2 is 0.931 bits per heavy atom.